The van der Waals surface area contributed by atoms with Gasteiger partial charge in [-0.25, -0.2) is 19.0 Å². The van der Waals surface area contributed by atoms with Crippen LogP contribution in [-0.4, -0.2) is 39.0 Å². The third-order valence-electron chi connectivity index (χ3n) is 3.37. The number of nitrogens with one attached hydrogen (secondary N) is 1. The van der Waals surface area contributed by atoms with Crippen molar-refractivity contribution in [3.63, 3.8) is 0 Å². The van der Waals surface area contributed by atoms with E-state index < -0.39 is 12.4 Å². The van der Waals surface area contributed by atoms with Gasteiger partial charge in [0.05, 0.1) is 12.4 Å². The molecule has 22 heavy (non-hydrogen) atoms. The fourth-order valence-corrected chi connectivity index (χ4v) is 2.23. The Kier molecular flexibility index (Phi) is 4.23. The zero-order valence-electron chi connectivity index (χ0n) is 11.5. The Morgan fingerprint density at radius 3 is 2.73 bits per heavy atom. The maximum atomic E-state index is 13.8. The first-order valence-electron chi connectivity index (χ1n) is 6.83. The van der Waals surface area contributed by atoms with E-state index in [9.17, 15) is 13.2 Å². The Balaban J connectivity index is 1.82. The summed E-state index contributed by atoms with van der Waals surface area (Å²) in [6.07, 6.45) is 4.83. The normalized spacial score (nSPS) is 16.2. The van der Waals surface area contributed by atoms with Crippen molar-refractivity contribution in [2.24, 2.45) is 0 Å². The summed E-state index contributed by atoms with van der Waals surface area (Å²) in [5.74, 6) is -0.431. The first-order valence-corrected chi connectivity index (χ1v) is 6.83. The molecule has 1 aliphatic heterocycles. The lowest BCUT2D eigenvalue weighted by Crippen LogP contribution is -2.28. The standard InChI is InChI=1S/C13H14F3N5O/c14-10-6-17-13(19-9-1-3-22-4-2-9)20-11(10)8-5-18-21(7-8)12(15)16/h5-7,9,12H,1-4H2,(H,17,19,20). The van der Waals surface area contributed by atoms with E-state index >= 15 is 0 Å². The van der Waals surface area contributed by atoms with E-state index in [-0.39, 0.29) is 23.2 Å². The second kappa shape index (κ2) is 6.30. The van der Waals surface area contributed by atoms with E-state index in [1.165, 1.54) is 0 Å². The molecule has 1 aliphatic rings. The largest absolute Gasteiger partial charge is 0.381 e. The molecule has 0 unspecified atom stereocenters. The highest BCUT2D eigenvalue weighted by molar-refractivity contribution is 5.58. The zero-order chi connectivity index (χ0) is 15.5. The predicted octanol–water partition coefficient (Wildman–Crippen LogP) is 2.47. The predicted molar refractivity (Wildman–Crippen MR) is 71.9 cm³/mol. The Morgan fingerprint density at radius 2 is 2.05 bits per heavy atom. The number of alkyl halides is 2. The van der Waals surface area contributed by atoms with Crippen LogP contribution in [0.2, 0.25) is 0 Å². The van der Waals surface area contributed by atoms with Crippen LogP contribution in [0.15, 0.2) is 18.6 Å². The van der Waals surface area contributed by atoms with Crippen molar-refractivity contribution in [2.75, 3.05) is 18.5 Å². The Labute approximate surface area is 124 Å². The van der Waals surface area contributed by atoms with Crippen molar-refractivity contribution in [1.29, 1.82) is 0 Å². The van der Waals surface area contributed by atoms with E-state index in [1.54, 1.807) is 0 Å². The Bertz CT molecular complexity index is 642. The smallest absolute Gasteiger partial charge is 0.333 e. The van der Waals surface area contributed by atoms with Crippen molar-refractivity contribution in [1.82, 2.24) is 19.7 Å². The average Bonchev–Trinajstić information content (AvgIpc) is 3.00. The van der Waals surface area contributed by atoms with Crippen LogP contribution in [0.1, 0.15) is 19.4 Å². The van der Waals surface area contributed by atoms with Crippen LogP contribution in [0.4, 0.5) is 19.1 Å². The second-order valence-corrected chi connectivity index (χ2v) is 4.91. The molecule has 9 heteroatoms. The molecule has 3 rings (SSSR count). The van der Waals surface area contributed by atoms with Gasteiger partial charge in [-0.15, -0.1) is 0 Å². The van der Waals surface area contributed by atoms with E-state index in [0.29, 0.717) is 17.9 Å². The van der Waals surface area contributed by atoms with E-state index in [1.807, 2.05) is 0 Å². The van der Waals surface area contributed by atoms with Gasteiger partial charge in [0.15, 0.2) is 5.82 Å². The van der Waals surface area contributed by atoms with Gasteiger partial charge in [-0.05, 0) is 12.8 Å². The molecule has 0 radical (unpaired) electrons. The fourth-order valence-electron chi connectivity index (χ4n) is 2.23. The molecule has 1 saturated heterocycles. The summed E-state index contributed by atoms with van der Waals surface area (Å²) >= 11 is 0. The molecule has 6 nitrogen and oxygen atoms in total. The van der Waals surface area contributed by atoms with Gasteiger partial charge < -0.3 is 10.1 Å². The van der Waals surface area contributed by atoms with Crippen molar-refractivity contribution < 1.29 is 17.9 Å². The second-order valence-electron chi connectivity index (χ2n) is 4.91. The minimum absolute atomic E-state index is 0.0588. The van der Waals surface area contributed by atoms with Gasteiger partial charge in [0.25, 0.3) is 0 Å². The molecule has 0 spiro atoms. The van der Waals surface area contributed by atoms with Crippen LogP contribution >= 0.6 is 0 Å². The SMILES string of the molecule is Fc1cnc(NC2CCOCC2)nc1-c1cnn(C(F)F)c1. The molecule has 3 heterocycles. The highest BCUT2D eigenvalue weighted by Gasteiger charge is 2.17. The number of hydrogen-bond donors (Lipinski definition) is 1. The minimum Gasteiger partial charge on any atom is -0.381 e. The molecule has 118 valence electrons. The van der Waals surface area contributed by atoms with E-state index in [0.717, 1.165) is 31.4 Å². The third-order valence-corrected chi connectivity index (χ3v) is 3.37. The molecule has 1 fully saturated rings. The zero-order valence-corrected chi connectivity index (χ0v) is 11.5. The van der Waals surface area contributed by atoms with Crippen LogP contribution in [0.5, 0.6) is 0 Å². The third kappa shape index (κ3) is 3.19. The molecule has 1 N–H and O–H groups in total. The Hall–Kier alpha value is -2.16. The van der Waals surface area contributed by atoms with E-state index in [2.05, 4.69) is 20.4 Å². The Morgan fingerprint density at radius 1 is 1.27 bits per heavy atom. The van der Waals surface area contributed by atoms with Gasteiger partial charge >= 0.3 is 6.55 Å². The van der Waals surface area contributed by atoms with Crippen molar-refractivity contribution in [3.05, 3.63) is 24.4 Å². The maximum absolute atomic E-state index is 13.8. The quantitative estimate of drug-likeness (QED) is 0.939. The number of nitrogens with zero attached hydrogens (tertiary/aromatic N) is 4. The molecule has 0 atom stereocenters. The fraction of sp³-hybridized carbons (Fsp3) is 0.462. The molecule has 2 aromatic rings. The van der Waals surface area contributed by atoms with Gasteiger partial charge in [0, 0.05) is 31.0 Å². The number of ether oxygens (including phenoxy) is 1. The highest BCUT2D eigenvalue weighted by Crippen LogP contribution is 2.23. The summed E-state index contributed by atoms with van der Waals surface area (Å²) < 4.78 is 44.6. The summed E-state index contributed by atoms with van der Waals surface area (Å²) in [4.78, 5) is 7.96. The average molecular weight is 313 g/mol. The lowest BCUT2D eigenvalue weighted by atomic mass is 10.1. The lowest BCUT2D eigenvalue weighted by Gasteiger charge is -2.23. The van der Waals surface area contributed by atoms with Crippen LogP contribution < -0.4 is 5.32 Å². The highest BCUT2D eigenvalue weighted by atomic mass is 19.3. The topological polar surface area (TPSA) is 64.9 Å². The van der Waals surface area contributed by atoms with Crippen LogP contribution in [0, 0.1) is 5.82 Å². The monoisotopic (exact) mass is 313 g/mol. The maximum Gasteiger partial charge on any atom is 0.333 e. The van der Waals surface area contributed by atoms with Gasteiger partial charge in [0.1, 0.15) is 5.69 Å². The summed E-state index contributed by atoms with van der Waals surface area (Å²) in [7, 11) is 0. The van der Waals surface area contributed by atoms with Crippen LogP contribution in [0.3, 0.4) is 0 Å². The van der Waals surface area contributed by atoms with Crippen LogP contribution in [0.25, 0.3) is 11.3 Å². The van der Waals surface area contributed by atoms with Gasteiger partial charge in [-0.3, -0.25) is 0 Å². The number of rotatable bonds is 4. The number of anilines is 1. The molecular weight excluding hydrogens is 299 g/mol. The molecule has 0 saturated carbocycles. The van der Waals surface area contributed by atoms with Crippen LogP contribution in [-0.2, 0) is 4.74 Å². The summed E-state index contributed by atoms with van der Waals surface area (Å²) in [6, 6.07) is 0.149. The minimum atomic E-state index is -2.78. The molecular formula is C13H14F3N5O. The molecule has 2 aromatic heterocycles. The molecule has 0 aliphatic carbocycles. The summed E-state index contributed by atoms with van der Waals surface area (Å²) in [6.45, 7) is -1.49. The molecule has 0 amide bonds. The van der Waals surface area contributed by atoms with Gasteiger partial charge in [-0.1, -0.05) is 0 Å². The number of halogens is 3. The molecule has 0 aromatic carbocycles. The van der Waals surface area contributed by atoms with Crippen molar-refractivity contribution in [2.45, 2.75) is 25.4 Å². The number of aromatic nitrogens is 4. The van der Waals surface area contributed by atoms with Crippen molar-refractivity contribution in [3.8, 4) is 11.3 Å². The lowest BCUT2D eigenvalue weighted by molar-refractivity contribution is 0.0566. The summed E-state index contributed by atoms with van der Waals surface area (Å²) in [5.41, 5.74) is 0.117. The van der Waals surface area contributed by atoms with Gasteiger partial charge in [-0.2, -0.15) is 13.9 Å². The first kappa shape index (κ1) is 14.8. The first-order chi connectivity index (χ1) is 10.6. The number of hydrogen-bond acceptors (Lipinski definition) is 5. The summed E-state index contributed by atoms with van der Waals surface area (Å²) in [5, 5.41) is 6.58. The molecule has 0 bridgehead atoms. The van der Waals surface area contributed by atoms with Gasteiger partial charge in [0.2, 0.25) is 5.95 Å². The van der Waals surface area contributed by atoms with Crippen molar-refractivity contribution >= 4 is 5.95 Å². The van der Waals surface area contributed by atoms with E-state index in [4.69, 9.17) is 4.74 Å².